The summed E-state index contributed by atoms with van der Waals surface area (Å²) in [7, 11) is -3.22. The molecule has 2 saturated heterocycles. The summed E-state index contributed by atoms with van der Waals surface area (Å²) in [5.74, 6) is 1.21. The van der Waals surface area contributed by atoms with Crippen LogP contribution in [-0.2, 0) is 31.3 Å². The summed E-state index contributed by atoms with van der Waals surface area (Å²) in [5, 5.41) is 0. The maximum Gasteiger partial charge on any atom is 0.243 e. The summed E-state index contributed by atoms with van der Waals surface area (Å²) >= 11 is 0. The van der Waals surface area contributed by atoms with Crippen molar-refractivity contribution in [2.24, 2.45) is 0 Å². The van der Waals surface area contributed by atoms with E-state index in [0.717, 1.165) is 38.5 Å². The van der Waals surface area contributed by atoms with Gasteiger partial charge in [-0.05, 0) is 56.0 Å². The minimum Gasteiger partial charge on any atom is -0.493 e. The van der Waals surface area contributed by atoms with Crippen molar-refractivity contribution in [2.75, 3.05) is 47.6 Å². The molecular formula is C27H38N2O8S2. The van der Waals surface area contributed by atoms with E-state index >= 15 is 0 Å². The average molecular weight is 583 g/mol. The first-order valence-corrected chi connectivity index (χ1v) is 16.1. The summed E-state index contributed by atoms with van der Waals surface area (Å²) in [6, 6.07) is 8.95. The Morgan fingerprint density at radius 3 is 2.03 bits per heavy atom. The van der Waals surface area contributed by atoms with Gasteiger partial charge in [-0.3, -0.25) is 0 Å². The molecule has 0 spiro atoms. The molecule has 2 aromatic rings. The molecule has 2 aromatic carbocycles. The van der Waals surface area contributed by atoms with Gasteiger partial charge in [0.2, 0.25) is 25.8 Å². The van der Waals surface area contributed by atoms with E-state index in [4.69, 9.17) is 18.9 Å². The topological polar surface area (TPSA) is 112 Å². The van der Waals surface area contributed by atoms with Crippen molar-refractivity contribution >= 4 is 20.0 Å². The number of ether oxygens (including phenoxy) is 4. The van der Waals surface area contributed by atoms with Gasteiger partial charge in [-0.15, -0.1) is 0 Å². The zero-order valence-corrected chi connectivity index (χ0v) is 24.4. The number of rotatable bonds is 11. The van der Waals surface area contributed by atoms with Gasteiger partial charge >= 0.3 is 0 Å². The Morgan fingerprint density at radius 2 is 1.46 bits per heavy atom. The van der Waals surface area contributed by atoms with Crippen LogP contribution in [0.2, 0.25) is 0 Å². The zero-order valence-electron chi connectivity index (χ0n) is 22.8. The third-order valence-corrected chi connectivity index (χ3v) is 11.0. The highest BCUT2D eigenvalue weighted by molar-refractivity contribution is 7.89. The van der Waals surface area contributed by atoms with Crippen molar-refractivity contribution in [3.63, 3.8) is 0 Å². The highest BCUT2D eigenvalue weighted by Crippen LogP contribution is 2.40. The van der Waals surface area contributed by atoms with Gasteiger partial charge < -0.3 is 18.9 Å². The Kier molecular flexibility index (Phi) is 9.76. The molecule has 4 rings (SSSR count). The number of hydrogen-bond acceptors (Lipinski definition) is 8. The molecular weight excluding hydrogens is 544 g/mol. The summed E-state index contributed by atoms with van der Waals surface area (Å²) in [5.41, 5.74) is 0.595. The van der Waals surface area contributed by atoms with E-state index in [1.54, 1.807) is 12.1 Å². The molecule has 0 aliphatic carbocycles. The van der Waals surface area contributed by atoms with E-state index in [9.17, 15) is 16.8 Å². The van der Waals surface area contributed by atoms with E-state index < -0.39 is 20.0 Å². The molecule has 10 nitrogen and oxygen atoms in total. The van der Waals surface area contributed by atoms with Crippen molar-refractivity contribution in [3.05, 3.63) is 42.0 Å². The van der Waals surface area contributed by atoms with Crippen LogP contribution in [0.5, 0.6) is 17.2 Å². The van der Waals surface area contributed by atoms with Crippen LogP contribution in [0.1, 0.15) is 44.1 Å². The molecule has 0 bridgehead atoms. The van der Waals surface area contributed by atoms with Crippen molar-refractivity contribution in [3.8, 4) is 17.2 Å². The molecule has 0 amide bonds. The van der Waals surface area contributed by atoms with Crippen LogP contribution in [0.3, 0.4) is 0 Å². The van der Waals surface area contributed by atoms with Crippen LogP contribution in [-0.4, -0.2) is 79.1 Å². The lowest BCUT2D eigenvalue weighted by Gasteiger charge is -2.26. The predicted molar refractivity (Wildman–Crippen MR) is 146 cm³/mol. The predicted octanol–water partition coefficient (Wildman–Crippen LogP) is 3.65. The van der Waals surface area contributed by atoms with Crippen LogP contribution < -0.4 is 14.2 Å². The molecule has 0 aromatic heterocycles. The normalized spacial score (nSPS) is 19.1. The Morgan fingerprint density at radius 1 is 0.821 bits per heavy atom. The number of nitrogens with zero attached hydrogens (tertiary/aromatic N) is 2. The quantitative estimate of drug-likeness (QED) is 0.395. The maximum atomic E-state index is 13.9. The second kappa shape index (κ2) is 12.9. The van der Waals surface area contributed by atoms with Crippen molar-refractivity contribution < 1.29 is 35.8 Å². The molecule has 0 N–H and O–H groups in total. The van der Waals surface area contributed by atoms with Crippen LogP contribution in [0, 0.1) is 0 Å². The molecule has 1 atom stereocenters. The Balaban J connectivity index is 1.65. The van der Waals surface area contributed by atoms with Crippen molar-refractivity contribution in [2.45, 2.75) is 61.0 Å². The minimum atomic E-state index is -4.02. The molecule has 39 heavy (non-hydrogen) atoms. The second-order valence-electron chi connectivity index (χ2n) is 9.72. The summed E-state index contributed by atoms with van der Waals surface area (Å²) in [6.45, 7) is 1.68. The molecule has 2 aliphatic rings. The van der Waals surface area contributed by atoms with E-state index in [0.29, 0.717) is 42.5 Å². The summed E-state index contributed by atoms with van der Waals surface area (Å²) in [4.78, 5) is 0.102. The molecule has 0 saturated carbocycles. The fourth-order valence-corrected chi connectivity index (χ4v) is 8.07. The molecule has 216 valence electrons. The minimum absolute atomic E-state index is 0.000448. The van der Waals surface area contributed by atoms with Gasteiger partial charge in [-0.1, -0.05) is 18.9 Å². The first-order valence-electron chi connectivity index (χ1n) is 13.2. The van der Waals surface area contributed by atoms with Gasteiger partial charge in [-0.2, -0.15) is 8.61 Å². The Hall–Kier alpha value is -2.38. The van der Waals surface area contributed by atoms with Crippen LogP contribution in [0.15, 0.2) is 46.2 Å². The van der Waals surface area contributed by atoms with Gasteiger partial charge in [0, 0.05) is 38.3 Å². The fraction of sp³-hybridized carbons (Fsp3) is 0.556. The zero-order chi connectivity index (χ0) is 28.0. The molecule has 1 unspecified atom stereocenters. The largest absolute Gasteiger partial charge is 0.493 e. The maximum absolute atomic E-state index is 13.9. The third-order valence-electron chi connectivity index (χ3n) is 7.23. The monoisotopic (exact) mass is 582 g/mol. The van der Waals surface area contributed by atoms with E-state index in [1.165, 1.54) is 54.2 Å². The fourth-order valence-electron chi connectivity index (χ4n) is 5.10. The SMILES string of the molecule is COc1ccc(CN(CC2CCCO2)S(=O)(=O)c2ccc(S(=O)(=O)N3CCCCCC3)cc2)c(OC)c1OC. The smallest absolute Gasteiger partial charge is 0.243 e. The van der Waals surface area contributed by atoms with E-state index in [2.05, 4.69) is 0 Å². The number of sulfonamides is 2. The highest BCUT2D eigenvalue weighted by atomic mass is 32.2. The van der Waals surface area contributed by atoms with Gasteiger partial charge in [-0.25, -0.2) is 16.8 Å². The van der Waals surface area contributed by atoms with Crippen molar-refractivity contribution in [1.82, 2.24) is 8.61 Å². The van der Waals surface area contributed by atoms with Crippen molar-refractivity contribution in [1.29, 1.82) is 0 Å². The van der Waals surface area contributed by atoms with Crippen LogP contribution in [0.25, 0.3) is 0 Å². The molecule has 12 heteroatoms. The number of hydrogen-bond donors (Lipinski definition) is 0. The van der Waals surface area contributed by atoms with Crippen LogP contribution >= 0.6 is 0 Å². The first-order chi connectivity index (χ1) is 18.7. The molecule has 0 radical (unpaired) electrons. The lowest BCUT2D eigenvalue weighted by Crippen LogP contribution is -2.37. The lowest BCUT2D eigenvalue weighted by atomic mass is 10.1. The second-order valence-corrected chi connectivity index (χ2v) is 13.6. The van der Waals surface area contributed by atoms with Gasteiger partial charge in [0.25, 0.3) is 0 Å². The lowest BCUT2D eigenvalue weighted by molar-refractivity contribution is 0.0924. The standard InChI is InChI=1S/C27H38N2O8S2/c1-34-25-15-10-21(26(35-2)27(25)36-3)19-29(20-22-9-8-18-37-22)39(32,33)24-13-11-23(12-14-24)38(30,31)28-16-6-4-5-7-17-28/h10-15,22H,4-9,16-20H2,1-3H3. The van der Waals surface area contributed by atoms with Crippen LogP contribution in [0.4, 0.5) is 0 Å². The van der Waals surface area contributed by atoms with E-state index in [-0.39, 0.29) is 29.0 Å². The van der Waals surface area contributed by atoms with Gasteiger partial charge in [0.15, 0.2) is 11.5 Å². The van der Waals surface area contributed by atoms with E-state index in [1.807, 2.05) is 0 Å². The summed E-state index contributed by atoms with van der Waals surface area (Å²) in [6.07, 6.45) is 5.04. The first kappa shape index (κ1) is 29.6. The number of methoxy groups -OCH3 is 3. The third kappa shape index (κ3) is 6.51. The Bertz CT molecular complexity index is 1320. The van der Waals surface area contributed by atoms with Gasteiger partial charge in [0.05, 0.1) is 37.2 Å². The molecule has 2 heterocycles. The molecule has 2 fully saturated rings. The molecule has 2 aliphatic heterocycles. The highest BCUT2D eigenvalue weighted by Gasteiger charge is 2.32. The summed E-state index contributed by atoms with van der Waals surface area (Å²) < 4.78 is 79.3. The Labute approximate surface area is 231 Å². The van der Waals surface area contributed by atoms with Gasteiger partial charge in [0.1, 0.15) is 0 Å². The number of benzene rings is 2. The average Bonchev–Trinajstić information content (AvgIpc) is 3.30.